The Morgan fingerprint density at radius 1 is 1.09 bits per heavy atom. The second kappa shape index (κ2) is 6.87. The number of nitrogens with zero attached hydrogens (tertiary/aromatic N) is 1. The molecule has 5 heteroatoms. The van der Waals surface area contributed by atoms with Crippen LogP contribution in [0.1, 0.15) is 15.2 Å². The summed E-state index contributed by atoms with van der Waals surface area (Å²) in [5.74, 6) is 0.897. The number of anilines is 1. The van der Waals surface area contributed by atoms with E-state index in [0.29, 0.717) is 23.1 Å². The van der Waals surface area contributed by atoms with Gasteiger partial charge < -0.3 is 10.1 Å². The Kier molecular flexibility index (Phi) is 4.46. The van der Waals surface area contributed by atoms with Crippen molar-refractivity contribution in [1.29, 1.82) is 0 Å². The van der Waals surface area contributed by atoms with Gasteiger partial charge in [-0.05, 0) is 29.1 Å². The third-order valence-electron chi connectivity index (χ3n) is 2.98. The van der Waals surface area contributed by atoms with Crippen LogP contribution in [0.3, 0.4) is 0 Å². The Labute approximate surface area is 132 Å². The number of hydrogen-bond acceptors (Lipinski definition) is 4. The Hall–Kier alpha value is -2.66. The van der Waals surface area contributed by atoms with Gasteiger partial charge in [-0.3, -0.25) is 4.79 Å². The van der Waals surface area contributed by atoms with Crippen LogP contribution >= 0.6 is 11.3 Å². The molecule has 0 aliphatic rings. The molecule has 0 aliphatic heterocycles. The van der Waals surface area contributed by atoms with Crippen LogP contribution in [0.5, 0.6) is 5.75 Å². The number of nitrogens with one attached hydrogen (secondary N) is 1. The van der Waals surface area contributed by atoms with E-state index in [1.807, 2.05) is 41.8 Å². The highest BCUT2D eigenvalue weighted by molar-refractivity contribution is 7.12. The number of benzene rings is 1. The molecule has 3 aromatic rings. The molecule has 1 aromatic carbocycles. The number of thiophene rings is 1. The zero-order valence-corrected chi connectivity index (χ0v) is 12.5. The Balaban J connectivity index is 1.68. The van der Waals surface area contributed by atoms with Crippen molar-refractivity contribution >= 4 is 23.1 Å². The molecule has 1 N–H and O–H groups in total. The van der Waals surface area contributed by atoms with Gasteiger partial charge in [-0.1, -0.05) is 36.4 Å². The minimum Gasteiger partial charge on any atom is -0.487 e. The zero-order chi connectivity index (χ0) is 15.2. The lowest BCUT2D eigenvalue weighted by Crippen LogP contribution is -2.12. The smallest absolute Gasteiger partial charge is 0.270 e. The molecule has 0 bridgehead atoms. The molecule has 110 valence electrons. The molecule has 0 atom stereocenters. The minimum absolute atomic E-state index is 0.211. The standard InChI is InChI=1S/C17H14N2O2S/c20-17(19-15-8-4-5-10-18-15)16-14(9-11-22-16)21-12-13-6-2-1-3-7-13/h1-11H,12H2,(H,18,19,20). The summed E-state index contributed by atoms with van der Waals surface area (Å²) in [4.78, 5) is 16.9. The number of carbonyl (C=O) groups is 1. The first kappa shape index (κ1) is 14.3. The Morgan fingerprint density at radius 3 is 2.68 bits per heavy atom. The quantitative estimate of drug-likeness (QED) is 0.775. The number of aromatic nitrogens is 1. The first-order chi connectivity index (χ1) is 10.8. The van der Waals surface area contributed by atoms with E-state index in [1.54, 1.807) is 24.4 Å². The highest BCUT2D eigenvalue weighted by Crippen LogP contribution is 2.26. The van der Waals surface area contributed by atoms with Gasteiger partial charge in [0.2, 0.25) is 0 Å². The summed E-state index contributed by atoms with van der Waals surface area (Å²) < 4.78 is 5.75. The molecular weight excluding hydrogens is 296 g/mol. The number of carbonyl (C=O) groups excluding carboxylic acids is 1. The van der Waals surface area contributed by atoms with Crippen molar-refractivity contribution in [3.05, 3.63) is 76.6 Å². The molecule has 0 unspecified atom stereocenters. The molecule has 2 aromatic heterocycles. The van der Waals surface area contributed by atoms with Crippen LogP contribution in [-0.4, -0.2) is 10.9 Å². The molecule has 0 spiro atoms. The minimum atomic E-state index is -0.211. The predicted octanol–water partition coefficient (Wildman–Crippen LogP) is 3.97. The van der Waals surface area contributed by atoms with Crippen molar-refractivity contribution in [3.63, 3.8) is 0 Å². The number of amides is 1. The van der Waals surface area contributed by atoms with Crippen LogP contribution in [-0.2, 0) is 6.61 Å². The van der Waals surface area contributed by atoms with E-state index in [9.17, 15) is 4.79 Å². The highest BCUT2D eigenvalue weighted by atomic mass is 32.1. The number of hydrogen-bond donors (Lipinski definition) is 1. The van der Waals surface area contributed by atoms with E-state index in [2.05, 4.69) is 10.3 Å². The summed E-state index contributed by atoms with van der Waals surface area (Å²) in [7, 11) is 0. The van der Waals surface area contributed by atoms with Gasteiger partial charge in [-0.15, -0.1) is 11.3 Å². The highest BCUT2D eigenvalue weighted by Gasteiger charge is 2.15. The Bertz CT molecular complexity index is 742. The maximum atomic E-state index is 12.3. The van der Waals surface area contributed by atoms with Gasteiger partial charge in [0.25, 0.3) is 5.91 Å². The van der Waals surface area contributed by atoms with E-state index in [-0.39, 0.29) is 5.91 Å². The van der Waals surface area contributed by atoms with Crippen LogP contribution in [0.4, 0.5) is 5.82 Å². The van der Waals surface area contributed by atoms with Crippen LogP contribution in [0.25, 0.3) is 0 Å². The van der Waals surface area contributed by atoms with Crippen molar-refractivity contribution < 1.29 is 9.53 Å². The summed E-state index contributed by atoms with van der Waals surface area (Å²) in [6.07, 6.45) is 1.64. The van der Waals surface area contributed by atoms with Gasteiger partial charge >= 0.3 is 0 Å². The number of rotatable bonds is 5. The molecule has 0 saturated carbocycles. The SMILES string of the molecule is O=C(Nc1ccccn1)c1sccc1OCc1ccccc1. The monoisotopic (exact) mass is 310 g/mol. The first-order valence-corrected chi connectivity index (χ1v) is 7.67. The van der Waals surface area contributed by atoms with Crippen molar-refractivity contribution in [2.75, 3.05) is 5.32 Å². The van der Waals surface area contributed by atoms with Gasteiger partial charge in [0.15, 0.2) is 0 Å². The zero-order valence-electron chi connectivity index (χ0n) is 11.7. The average molecular weight is 310 g/mol. The second-order valence-corrected chi connectivity index (χ2v) is 5.47. The van der Waals surface area contributed by atoms with Gasteiger partial charge in [-0.2, -0.15) is 0 Å². The summed E-state index contributed by atoms with van der Waals surface area (Å²) in [6.45, 7) is 0.432. The topological polar surface area (TPSA) is 51.2 Å². The van der Waals surface area contributed by atoms with Gasteiger partial charge in [0.1, 0.15) is 23.1 Å². The van der Waals surface area contributed by atoms with E-state index in [1.165, 1.54) is 11.3 Å². The maximum absolute atomic E-state index is 12.3. The lowest BCUT2D eigenvalue weighted by molar-refractivity contribution is 0.102. The lowest BCUT2D eigenvalue weighted by atomic mass is 10.2. The molecule has 3 rings (SSSR count). The van der Waals surface area contributed by atoms with Crippen LogP contribution in [0.2, 0.25) is 0 Å². The van der Waals surface area contributed by atoms with Crippen LogP contribution in [0, 0.1) is 0 Å². The number of ether oxygens (including phenoxy) is 1. The fourth-order valence-corrected chi connectivity index (χ4v) is 2.65. The van der Waals surface area contributed by atoms with Gasteiger partial charge in [0.05, 0.1) is 0 Å². The summed E-state index contributed by atoms with van der Waals surface area (Å²) >= 11 is 1.35. The van der Waals surface area contributed by atoms with Crippen molar-refractivity contribution in [2.45, 2.75) is 6.61 Å². The molecular formula is C17H14N2O2S. The van der Waals surface area contributed by atoms with Crippen molar-refractivity contribution in [3.8, 4) is 5.75 Å². The molecule has 1 amide bonds. The van der Waals surface area contributed by atoms with E-state index >= 15 is 0 Å². The molecule has 0 saturated heterocycles. The van der Waals surface area contributed by atoms with Gasteiger partial charge in [-0.25, -0.2) is 4.98 Å². The summed E-state index contributed by atoms with van der Waals surface area (Å²) in [6, 6.07) is 17.0. The molecule has 0 radical (unpaired) electrons. The summed E-state index contributed by atoms with van der Waals surface area (Å²) in [5, 5.41) is 4.60. The predicted molar refractivity (Wildman–Crippen MR) is 87.3 cm³/mol. The van der Waals surface area contributed by atoms with Crippen LogP contribution in [0.15, 0.2) is 66.2 Å². The molecule has 0 aliphatic carbocycles. The third-order valence-corrected chi connectivity index (χ3v) is 3.87. The normalized spacial score (nSPS) is 10.2. The first-order valence-electron chi connectivity index (χ1n) is 6.79. The molecule has 22 heavy (non-hydrogen) atoms. The van der Waals surface area contributed by atoms with Gasteiger partial charge in [0, 0.05) is 6.20 Å². The molecule has 4 nitrogen and oxygen atoms in total. The van der Waals surface area contributed by atoms with Crippen LogP contribution < -0.4 is 10.1 Å². The van der Waals surface area contributed by atoms with E-state index < -0.39 is 0 Å². The Morgan fingerprint density at radius 2 is 1.91 bits per heavy atom. The second-order valence-electron chi connectivity index (χ2n) is 4.56. The van der Waals surface area contributed by atoms with Crippen molar-refractivity contribution in [2.24, 2.45) is 0 Å². The fourth-order valence-electron chi connectivity index (χ4n) is 1.92. The lowest BCUT2D eigenvalue weighted by Gasteiger charge is -2.07. The summed E-state index contributed by atoms with van der Waals surface area (Å²) in [5.41, 5.74) is 1.06. The fraction of sp³-hybridized carbons (Fsp3) is 0.0588. The van der Waals surface area contributed by atoms with Crippen molar-refractivity contribution in [1.82, 2.24) is 4.98 Å². The average Bonchev–Trinajstić information content (AvgIpc) is 3.03. The largest absolute Gasteiger partial charge is 0.487 e. The van der Waals surface area contributed by atoms with E-state index in [0.717, 1.165) is 5.56 Å². The molecule has 0 fully saturated rings. The molecule has 2 heterocycles. The maximum Gasteiger partial charge on any atom is 0.270 e. The number of pyridine rings is 1. The van der Waals surface area contributed by atoms with E-state index in [4.69, 9.17) is 4.74 Å². The third kappa shape index (κ3) is 3.51.